The van der Waals surface area contributed by atoms with Crippen molar-refractivity contribution in [2.45, 2.75) is 17.9 Å². The Labute approximate surface area is 192 Å². The molecule has 3 rings (SSSR count). The minimum Gasteiger partial charge on any atom is -0.365 e. The van der Waals surface area contributed by atoms with E-state index >= 15 is 0 Å². The first-order valence-corrected chi connectivity index (χ1v) is 12.2. The predicted molar refractivity (Wildman–Crippen MR) is 126 cm³/mol. The maximum Gasteiger partial charge on any atom is 0.256 e. The first-order chi connectivity index (χ1) is 15.2. The van der Waals surface area contributed by atoms with Gasteiger partial charge in [-0.1, -0.05) is 12.2 Å². The van der Waals surface area contributed by atoms with E-state index in [0.717, 1.165) is 17.0 Å². The van der Waals surface area contributed by atoms with Crippen molar-refractivity contribution in [3.05, 3.63) is 71.1 Å². The highest BCUT2D eigenvalue weighted by atomic mass is 32.2. The number of hydrogen-bond donors (Lipinski definition) is 2. The second-order valence-corrected chi connectivity index (χ2v) is 10.5. The van der Waals surface area contributed by atoms with Crippen LogP contribution in [0.3, 0.4) is 0 Å². The predicted octanol–water partition coefficient (Wildman–Crippen LogP) is 2.45. The number of fused-ring (bicyclic) bond motifs is 1. The van der Waals surface area contributed by atoms with Gasteiger partial charge in [0.25, 0.3) is 11.8 Å². The fourth-order valence-electron chi connectivity index (χ4n) is 3.54. The Kier molecular flexibility index (Phi) is 7.29. The zero-order valence-corrected chi connectivity index (χ0v) is 19.5. The fourth-order valence-corrected chi connectivity index (χ4v) is 6.25. The van der Waals surface area contributed by atoms with Gasteiger partial charge in [0.1, 0.15) is 5.00 Å². The van der Waals surface area contributed by atoms with Gasteiger partial charge in [0.2, 0.25) is 10.0 Å². The molecule has 2 aromatic rings. The smallest absolute Gasteiger partial charge is 0.256 e. The molecular formula is C22H26N4O4S2. The van der Waals surface area contributed by atoms with Crippen LogP contribution in [0.1, 0.15) is 31.2 Å². The summed E-state index contributed by atoms with van der Waals surface area (Å²) in [4.78, 5) is 28.1. The van der Waals surface area contributed by atoms with Crippen molar-refractivity contribution in [3.63, 3.8) is 0 Å². The second kappa shape index (κ2) is 9.78. The van der Waals surface area contributed by atoms with E-state index in [1.54, 1.807) is 0 Å². The van der Waals surface area contributed by atoms with Crippen molar-refractivity contribution in [1.29, 1.82) is 0 Å². The number of amides is 2. The number of nitrogens with two attached hydrogens (primary N) is 1. The Morgan fingerprint density at radius 2 is 1.84 bits per heavy atom. The molecule has 0 fully saturated rings. The van der Waals surface area contributed by atoms with Crippen LogP contribution >= 0.6 is 11.3 Å². The number of nitrogens with one attached hydrogen (secondary N) is 1. The molecule has 0 saturated heterocycles. The number of sulfonamides is 1. The number of anilines is 1. The molecule has 0 radical (unpaired) electrons. The molecule has 1 aromatic carbocycles. The largest absolute Gasteiger partial charge is 0.365 e. The number of benzene rings is 1. The molecular weight excluding hydrogens is 448 g/mol. The standard InChI is InChI=1S/C22H26N4O4S2/c1-4-11-26(12-5-2)32(29,30)16-8-6-15(7-9-16)21(28)24-22-19(20(23)27)17-10-13-25(3)14-18(17)31-22/h4-9H,1-2,10-14H2,3H3,(H2,23,27)(H,24,28). The lowest BCUT2D eigenvalue weighted by atomic mass is 10.0. The van der Waals surface area contributed by atoms with Crippen LogP contribution in [-0.2, 0) is 23.0 Å². The molecule has 1 aromatic heterocycles. The normalized spacial score (nSPS) is 14.1. The third kappa shape index (κ3) is 4.83. The molecule has 0 saturated carbocycles. The van der Waals surface area contributed by atoms with E-state index in [0.29, 0.717) is 23.5 Å². The summed E-state index contributed by atoms with van der Waals surface area (Å²) in [6, 6.07) is 5.64. The van der Waals surface area contributed by atoms with Gasteiger partial charge in [-0.15, -0.1) is 24.5 Å². The zero-order chi connectivity index (χ0) is 23.5. The number of carbonyl (C=O) groups excluding carboxylic acids is 2. The summed E-state index contributed by atoms with van der Waals surface area (Å²) in [6.45, 7) is 8.96. The minimum absolute atomic E-state index is 0.0604. The van der Waals surface area contributed by atoms with Gasteiger partial charge in [0.15, 0.2) is 0 Å². The van der Waals surface area contributed by atoms with Crippen LogP contribution in [-0.4, -0.2) is 56.1 Å². The average molecular weight is 475 g/mol. The molecule has 170 valence electrons. The van der Waals surface area contributed by atoms with Gasteiger partial charge in [-0.3, -0.25) is 9.59 Å². The lowest BCUT2D eigenvalue weighted by Gasteiger charge is -2.22. The number of carbonyl (C=O) groups is 2. The van der Waals surface area contributed by atoms with Crippen LogP contribution in [0.2, 0.25) is 0 Å². The van der Waals surface area contributed by atoms with Gasteiger partial charge in [-0.25, -0.2) is 8.42 Å². The SMILES string of the molecule is C=CCN(CC=C)S(=O)(=O)c1ccc(C(=O)Nc2sc3c(c2C(N)=O)CCN(C)C3)cc1. The van der Waals surface area contributed by atoms with E-state index in [1.165, 1.54) is 52.1 Å². The Morgan fingerprint density at radius 3 is 2.41 bits per heavy atom. The van der Waals surface area contributed by atoms with Crippen molar-refractivity contribution < 1.29 is 18.0 Å². The summed E-state index contributed by atoms with van der Waals surface area (Å²) in [7, 11) is -1.76. The summed E-state index contributed by atoms with van der Waals surface area (Å²) in [5.74, 6) is -1.02. The van der Waals surface area contributed by atoms with E-state index in [9.17, 15) is 18.0 Å². The molecule has 0 bridgehead atoms. The summed E-state index contributed by atoms with van der Waals surface area (Å²) in [5, 5.41) is 3.19. The molecule has 32 heavy (non-hydrogen) atoms. The number of hydrogen-bond acceptors (Lipinski definition) is 6. The maximum absolute atomic E-state index is 12.8. The Hall–Kier alpha value is -2.79. The lowest BCUT2D eigenvalue weighted by Crippen LogP contribution is -2.31. The lowest BCUT2D eigenvalue weighted by molar-refractivity contribution is 0.1000. The topological polar surface area (TPSA) is 113 Å². The van der Waals surface area contributed by atoms with Gasteiger partial charge in [-0.05, 0) is 43.3 Å². The van der Waals surface area contributed by atoms with Gasteiger partial charge in [0, 0.05) is 36.6 Å². The van der Waals surface area contributed by atoms with Crippen molar-refractivity contribution in [1.82, 2.24) is 9.21 Å². The van der Waals surface area contributed by atoms with E-state index < -0.39 is 21.8 Å². The van der Waals surface area contributed by atoms with Crippen molar-refractivity contribution in [3.8, 4) is 0 Å². The van der Waals surface area contributed by atoms with E-state index in [4.69, 9.17) is 5.73 Å². The van der Waals surface area contributed by atoms with E-state index in [-0.39, 0.29) is 23.5 Å². The molecule has 0 aliphatic carbocycles. The van der Waals surface area contributed by atoms with Crippen LogP contribution in [0, 0.1) is 0 Å². The molecule has 1 aliphatic heterocycles. The summed E-state index contributed by atoms with van der Waals surface area (Å²) >= 11 is 1.34. The van der Waals surface area contributed by atoms with Gasteiger partial charge < -0.3 is 16.0 Å². The van der Waals surface area contributed by atoms with Crippen LogP contribution in [0.4, 0.5) is 5.00 Å². The highest BCUT2D eigenvalue weighted by molar-refractivity contribution is 7.89. The van der Waals surface area contributed by atoms with E-state index in [2.05, 4.69) is 23.4 Å². The Morgan fingerprint density at radius 1 is 1.22 bits per heavy atom. The fraction of sp³-hybridized carbons (Fsp3) is 0.273. The first-order valence-electron chi connectivity index (χ1n) is 9.95. The molecule has 0 unspecified atom stereocenters. The molecule has 1 aliphatic rings. The number of likely N-dealkylation sites (N-methyl/N-ethyl adjacent to an activating group) is 1. The highest BCUT2D eigenvalue weighted by Gasteiger charge is 2.27. The van der Waals surface area contributed by atoms with Crippen LogP contribution in [0.5, 0.6) is 0 Å². The maximum atomic E-state index is 12.8. The second-order valence-electron chi connectivity index (χ2n) is 7.44. The van der Waals surface area contributed by atoms with Crippen LogP contribution in [0.25, 0.3) is 0 Å². The third-order valence-corrected chi connectivity index (χ3v) is 8.12. The molecule has 2 amide bonds. The summed E-state index contributed by atoms with van der Waals surface area (Å²) < 4.78 is 26.9. The molecule has 10 heteroatoms. The molecule has 0 atom stereocenters. The van der Waals surface area contributed by atoms with Crippen molar-refractivity contribution in [2.75, 3.05) is 32.0 Å². The molecule has 3 N–H and O–H groups in total. The number of rotatable bonds is 9. The van der Waals surface area contributed by atoms with Crippen molar-refractivity contribution >= 4 is 38.2 Å². The van der Waals surface area contributed by atoms with Gasteiger partial charge in [0.05, 0.1) is 10.5 Å². The summed E-state index contributed by atoms with van der Waals surface area (Å²) in [5.41, 5.74) is 7.11. The molecule has 0 spiro atoms. The molecule has 2 heterocycles. The van der Waals surface area contributed by atoms with Gasteiger partial charge in [-0.2, -0.15) is 4.31 Å². The number of primary amides is 1. The monoisotopic (exact) mass is 474 g/mol. The first kappa shape index (κ1) is 23.9. The van der Waals surface area contributed by atoms with Crippen molar-refractivity contribution in [2.24, 2.45) is 5.73 Å². The van der Waals surface area contributed by atoms with Gasteiger partial charge >= 0.3 is 0 Å². The third-order valence-electron chi connectivity index (χ3n) is 5.14. The Balaban J connectivity index is 1.84. The number of nitrogens with zero attached hydrogens (tertiary/aromatic N) is 2. The minimum atomic E-state index is -3.76. The highest BCUT2D eigenvalue weighted by Crippen LogP contribution is 2.36. The van der Waals surface area contributed by atoms with E-state index in [1.807, 2.05) is 7.05 Å². The Bertz CT molecular complexity index is 1140. The zero-order valence-electron chi connectivity index (χ0n) is 17.8. The van der Waals surface area contributed by atoms with Crippen LogP contribution < -0.4 is 11.1 Å². The number of thiophene rings is 1. The molecule has 8 nitrogen and oxygen atoms in total. The summed E-state index contributed by atoms with van der Waals surface area (Å²) in [6.07, 6.45) is 3.68. The quantitative estimate of drug-likeness (QED) is 0.542. The van der Waals surface area contributed by atoms with Crippen LogP contribution in [0.15, 0.2) is 54.5 Å². The average Bonchev–Trinajstić information content (AvgIpc) is 3.10.